The number of aromatic amines is 1. The molecule has 3 heterocycles. The van der Waals surface area contributed by atoms with Gasteiger partial charge in [-0.05, 0) is 24.6 Å². The van der Waals surface area contributed by atoms with Gasteiger partial charge in [-0.25, -0.2) is 8.91 Å². The van der Waals surface area contributed by atoms with E-state index in [1.165, 1.54) is 19.2 Å². The SMILES string of the molecule is CCc1cn2nc(CN3CCN(c4ccc(C(=O)NC)c(F)c4)CC3)cc2[nH]c1=O. The number of halogens is 1. The Labute approximate surface area is 173 Å². The molecule has 0 atom stereocenters. The first-order valence-electron chi connectivity index (χ1n) is 10.1. The van der Waals surface area contributed by atoms with Crippen molar-refractivity contribution in [3.05, 3.63) is 63.5 Å². The van der Waals surface area contributed by atoms with Gasteiger partial charge < -0.3 is 15.2 Å². The lowest BCUT2D eigenvalue weighted by Crippen LogP contribution is -2.46. The van der Waals surface area contributed by atoms with E-state index in [9.17, 15) is 14.0 Å². The molecule has 158 valence electrons. The number of H-pyrrole nitrogens is 1. The minimum absolute atomic E-state index is 0.0519. The Bertz CT molecular complexity index is 1130. The second-order valence-corrected chi connectivity index (χ2v) is 7.43. The molecule has 0 radical (unpaired) electrons. The molecule has 8 nitrogen and oxygen atoms in total. The van der Waals surface area contributed by atoms with Gasteiger partial charge in [0.2, 0.25) is 0 Å². The van der Waals surface area contributed by atoms with Gasteiger partial charge in [-0.2, -0.15) is 5.10 Å². The van der Waals surface area contributed by atoms with E-state index in [2.05, 4.69) is 25.2 Å². The van der Waals surface area contributed by atoms with Gasteiger partial charge in [-0.3, -0.25) is 14.5 Å². The van der Waals surface area contributed by atoms with Crippen LogP contribution < -0.4 is 15.8 Å². The molecule has 2 aromatic heterocycles. The lowest BCUT2D eigenvalue weighted by Gasteiger charge is -2.35. The number of carbonyl (C=O) groups is 1. The molecule has 1 fully saturated rings. The van der Waals surface area contributed by atoms with E-state index in [0.29, 0.717) is 24.2 Å². The molecule has 1 amide bonds. The molecule has 1 aliphatic heterocycles. The van der Waals surface area contributed by atoms with E-state index in [1.54, 1.807) is 16.8 Å². The number of nitrogens with zero attached hydrogens (tertiary/aromatic N) is 4. The van der Waals surface area contributed by atoms with Gasteiger partial charge in [-0.15, -0.1) is 0 Å². The van der Waals surface area contributed by atoms with Crippen LogP contribution in [0.2, 0.25) is 0 Å². The van der Waals surface area contributed by atoms with Crippen LogP contribution in [0, 0.1) is 5.82 Å². The fourth-order valence-electron chi connectivity index (χ4n) is 3.78. The summed E-state index contributed by atoms with van der Waals surface area (Å²) in [7, 11) is 1.48. The highest BCUT2D eigenvalue weighted by molar-refractivity contribution is 5.94. The fraction of sp³-hybridized carbons (Fsp3) is 0.381. The van der Waals surface area contributed by atoms with Crippen LogP contribution in [0.3, 0.4) is 0 Å². The van der Waals surface area contributed by atoms with E-state index in [1.807, 2.05) is 13.0 Å². The third-order valence-corrected chi connectivity index (χ3v) is 5.53. The van der Waals surface area contributed by atoms with Gasteiger partial charge >= 0.3 is 0 Å². The van der Waals surface area contributed by atoms with Crippen LogP contribution in [0.4, 0.5) is 10.1 Å². The lowest BCUT2D eigenvalue weighted by atomic mass is 10.1. The van der Waals surface area contributed by atoms with E-state index in [0.717, 1.165) is 37.6 Å². The van der Waals surface area contributed by atoms with Gasteiger partial charge in [0, 0.05) is 63.3 Å². The van der Waals surface area contributed by atoms with Gasteiger partial charge in [0.25, 0.3) is 11.5 Å². The number of rotatable bonds is 5. The Kier molecular flexibility index (Phi) is 5.54. The molecule has 1 aromatic carbocycles. The molecule has 9 heteroatoms. The van der Waals surface area contributed by atoms with E-state index in [-0.39, 0.29) is 11.1 Å². The fourth-order valence-corrected chi connectivity index (χ4v) is 3.78. The normalized spacial score (nSPS) is 15.0. The van der Waals surface area contributed by atoms with Crippen molar-refractivity contribution in [3.8, 4) is 0 Å². The van der Waals surface area contributed by atoms with Gasteiger partial charge in [-0.1, -0.05) is 6.92 Å². The number of benzene rings is 1. The van der Waals surface area contributed by atoms with Crippen molar-refractivity contribution in [2.24, 2.45) is 0 Å². The number of piperazine rings is 1. The van der Waals surface area contributed by atoms with Gasteiger partial charge in [0.1, 0.15) is 11.5 Å². The molecule has 0 spiro atoms. The Morgan fingerprint density at radius 3 is 2.67 bits per heavy atom. The van der Waals surface area contributed by atoms with Crippen molar-refractivity contribution < 1.29 is 9.18 Å². The maximum atomic E-state index is 14.3. The van der Waals surface area contributed by atoms with Crippen molar-refractivity contribution in [2.45, 2.75) is 19.9 Å². The van der Waals surface area contributed by atoms with E-state index >= 15 is 0 Å². The van der Waals surface area contributed by atoms with Crippen molar-refractivity contribution in [1.29, 1.82) is 0 Å². The Morgan fingerprint density at radius 2 is 2.00 bits per heavy atom. The molecule has 0 saturated carbocycles. The molecule has 1 saturated heterocycles. The second-order valence-electron chi connectivity index (χ2n) is 7.43. The number of carbonyl (C=O) groups excluding carboxylic acids is 1. The molecule has 0 bridgehead atoms. The zero-order valence-electron chi connectivity index (χ0n) is 17.1. The number of hydrogen-bond acceptors (Lipinski definition) is 5. The predicted molar refractivity (Wildman–Crippen MR) is 112 cm³/mol. The second kappa shape index (κ2) is 8.27. The number of hydrogen-bond donors (Lipinski definition) is 2. The van der Waals surface area contributed by atoms with Crippen LogP contribution >= 0.6 is 0 Å². The smallest absolute Gasteiger partial charge is 0.254 e. The summed E-state index contributed by atoms with van der Waals surface area (Å²) in [5.74, 6) is -0.942. The summed E-state index contributed by atoms with van der Waals surface area (Å²) in [4.78, 5) is 30.9. The maximum absolute atomic E-state index is 14.3. The summed E-state index contributed by atoms with van der Waals surface area (Å²) in [6, 6.07) is 6.63. The maximum Gasteiger partial charge on any atom is 0.254 e. The number of nitrogens with one attached hydrogen (secondary N) is 2. The molecule has 3 aromatic rings. The van der Waals surface area contributed by atoms with E-state index < -0.39 is 11.7 Å². The van der Waals surface area contributed by atoms with Crippen molar-refractivity contribution in [1.82, 2.24) is 24.8 Å². The summed E-state index contributed by atoms with van der Waals surface area (Å²) < 4.78 is 16.0. The summed E-state index contributed by atoms with van der Waals surface area (Å²) >= 11 is 0. The lowest BCUT2D eigenvalue weighted by molar-refractivity contribution is 0.0959. The first-order valence-corrected chi connectivity index (χ1v) is 10.1. The van der Waals surface area contributed by atoms with Crippen LogP contribution in [0.5, 0.6) is 0 Å². The van der Waals surface area contributed by atoms with Crippen molar-refractivity contribution in [3.63, 3.8) is 0 Å². The van der Waals surface area contributed by atoms with Crippen LogP contribution in [0.25, 0.3) is 5.65 Å². The highest BCUT2D eigenvalue weighted by Crippen LogP contribution is 2.21. The third-order valence-electron chi connectivity index (χ3n) is 5.53. The highest BCUT2D eigenvalue weighted by Gasteiger charge is 2.20. The first-order chi connectivity index (χ1) is 14.5. The zero-order chi connectivity index (χ0) is 21.3. The van der Waals surface area contributed by atoms with Gasteiger partial charge in [0.15, 0.2) is 0 Å². The first kappa shape index (κ1) is 20.1. The average molecular weight is 412 g/mol. The topological polar surface area (TPSA) is 85.7 Å². The summed E-state index contributed by atoms with van der Waals surface area (Å²) in [6.45, 7) is 5.75. The number of anilines is 1. The molecular formula is C21H25FN6O2. The summed E-state index contributed by atoms with van der Waals surface area (Å²) in [6.07, 6.45) is 2.44. The Balaban J connectivity index is 1.40. The molecule has 4 rings (SSSR count). The Morgan fingerprint density at radius 1 is 1.23 bits per heavy atom. The van der Waals surface area contributed by atoms with Crippen LogP contribution in [0.1, 0.15) is 28.5 Å². The zero-order valence-corrected chi connectivity index (χ0v) is 17.1. The molecule has 30 heavy (non-hydrogen) atoms. The summed E-state index contributed by atoms with van der Waals surface area (Å²) in [5, 5.41) is 7.03. The minimum Gasteiger partial charge on any atom is -0.369 e. The molecule has 2 N–H and O–H groups in total. The Hall–Kier alpha value is -3.20. The number of aryl methyl sites for hydroxylation is 1. The molecule has 0 unspecified atom stereocenters. The largest absolute Gasteiger partial charge is 0.369 e. The van der Waals surface area contributed by atoms with Crippen LogP contribution in [0.15, 0.2) is 35.3 Å². The number of aromatic nitrogens is 3. The monoisotopic (exact) mass is 412 g/mol. The van der Waals surface area contributed by atoms with Crippen LogP contribution in [-0.4, -0.2) is 58.6 Å². The molecule has 1 aliphatic rings. The quantitative estimate of drug-likeness (QED) is 0.662. The number of fused-ring (bicyclic) bond motifs is 1. The third kappa shape index (κ3) is 3.93. The number of amides is 1. The molecular weight excluding hydrogens is 387 g/mol. The predicted octanol–water partition coefficient (Wildman–Crippen LogP) is 1.41. The standard InChI is InChI=1S/C21H25FN6O2/c1-3-14-12-28-19(24-20(14)29)10-15(25-28)13-26-6-8-27(9-7-26)16-4-5-17(18(22)11-16)21(30)23-2/h4-5,10-12H,3,6-9,13H2,1-2H3,(H,23,30)(H,24,29). The van der Waals surface area contributed by atoms with Crippen molar-refractivity contribution in [2.75, 3.05) is 38.1 Å². The minimum atomic E-state index is -0.514. The average Bonchev–Trinajstić information content (AvgIpc) is 3.13. The summed E-state index contributed by atoms with van der Waals surface area (Å²) in [5.41, 5.74) is 3.05. The van der Waals surface area contributed by atoms with E-state index in [4.69, 9.17) is 0 Å². The molecule has 0 aliphatic carbocycles. The van der Waals surface area contributed by atoms with Gasteiger partial charge in [0.05, 0.1) is 11.3 Å². The van der Waals surface area contributed by atoms with Crippen molar-refractivity contribution >= 4 is 17.2 Å². The highest BCUT2D eigenvalue weighted by atomic mass is 19.1. The van der Waals surface area contributed by atoms with Crippen LogP contribution in [-0.2, 0) is 13.0 Å².